The molecule has 0 radical (unpaired) electrons. The number of aliphatic hydroxyl groups excluding tert-OH is 1. The third-order valence-electron chi connectivity index (χ3n) is 2.61. The Hall–Kier alpha value is -1.63. The molecule has 0 aliphatic carbocycles. The first-order valence-corrected chi connectivity index (χ1v) is 5.92. The molecule has 1 aliphatic heterocycles. The molecule has 7 heteroatoms. The minimum absolute atomic E-state index is 0.104. The second kappa shape index (κ2) is 6.34. The second-order valence-corrected chi connectivity index (χ2v) is 4.44. The van der Waals surface area contributed by atoms with Gasteiger partial charge in [-0.15, -0.1) is 0 Å². The maximum atomic E-state index is 11.5. The van der Waals surface area contributed by atoms with Crippen LogP contribution in [0.2, 0.25) is 0 Å². The van der Waals surface area contributed by atoms with Crippen molar-refractivity contribution in [3.63, 3.8) is 0 Å². The van der Waals surface area contributed by atoms with Crippen molar-refractivity contribution in [2.45, 2.75) is 25.9 Å². The summed E-state index contributed by atoms with van der Waals surface area (Å²) in [5.41, 5.74) is 0. The molecule has 18 heavy (non-hydrogen) atoms. The summed E-state index contributed by atoms with van der Waals surface area (Å²) in [7, 11) is 1.57. The molecular weight excluding hydrogens is 238 g/mol. The SMILES string of the molecule is C[C@@H](O)CNC(=O)CCCN1C(=O)CN(C)C1=O. The van der Waals surface area contributed by atoms with Gasteiger partial charge < -0.3 is 15.3 Å². The van der Waals surface area contributed by atoms with Gasteiger partial charge in [0.1, 0.15) is 6.54 Å². The lowest BCUT2D eigenvalue weighted by atomic mass is 10.2. The number of amides is 4. The number of aliphatic hydroxyl groups is 1. The van der Waals surface area contributed by atoms with Gasteiger partial charge in [-0.3, -0.25) is 14.5 Å². The number of carbonyl (C=O) groups is 3. The van der Waals surface area contributed by atoms with Gasteiger partial charge in [-0.25, -0.2) is 4.79 Å². The van der Waals surface area contributed by atoms with Crippen LogP contribution in [0.3, 0.4) is 0 Å². The predicted octanol–water partition coefficient (Wildman–Crippen LogP) is -0.842. The van der Waals surface area contributed by atoms with E-state index in [0.29, 0.717) is 6.42 Å². The maximum absolute atomic E-state index is 11.5. The molecule has 1 heterocycles. The number of hydrogen-bond donors (Lipinski definition) is 2. The second-order valence-electron chi connectivity index (χ2n) is 4.44. The van der Waals surface area contributed by atoms with Crippen LogP contribution in [0.1, 0.15) is 19.8 Å². The Balaban J connectivity index is 2.23. The van der Waals surface area contributed by atoms with Crippen molar-refractivity contribution in [3.05, 3.63) is 0 Å². The van der Waals surface area contributed by atoms with Crippen molar-refractivity contribution in [2.24, 2.45) is 0 Å². The molecule has 0 unspecified atom stereocenters. The van der Waals surface area contributed by atoms with E-state index in [-0.39, 0.29) is 43.9 Å². The highest BCUT2D eigenvalue weighted by Crippen LogP contribution is 2.08. The van der Waals surface area contributed by atoms with E-state index in [1.807, 2.05) is 0 Å². The normalized spacial score (nSPS) is 17.3. The molecule has 0 aromatic heterocycles. The van der Waals surface area contributed by atoms with Gasteiger partial charge in [-0.2, -0.15) is 0 Å². The van der Waals surface area contributed by atoms with Crippen LogP contribution in [0.25, 0.3) is 0 Å². The molecule has 1 atom stereocenters. The quantitative estimate of drug-likeness (QED) is 0.607. The van der Waals surface area contributed by atoms with E-state index in [4.69, 9.17) is 5.11 Å². The molecule has 1 rings (SSSR count). The van der Waals surface area contributed by atoms with Crippen LogP contribution in [0.15, 0.2) is 0 Å². The Bertz CT molecular complexity index is 343. The van der Waals surface area contributed by atoms with E-state index in [1.165, 1.54) is 4.90 Å². The van der Waals surface area contributed by atoms with Gasteiger partial charge in [0.05, 0.1) is 6.10 Å². The first kappa shape index (κ1) is 14.4. The van der Waals surface area contributed by atoms with E-state index in [9.17, 15) is 14.4 Å². The summed E-state index contributed by atoms with van der Waals surface area (Å²) in [6, 6.07) is -0.315. The van der Waals surface area contributed by atoms with Crippen LogP contribution >= 0.6 is 0 Å². The molecular formula is C11H19N3O4. The summed E-state index contributed by atoms with van der Waals surface area (Å²) < 4.78 is 0. The molecule has 2 N–H and O–H groups in total. The number of rotatable bonds is 6. The smallest absolute Gasteiger partial charge is 0.326 e. The van der Waals surface area contributed by atoms with Crippen LogP contribution in [-0.2, 0) is 9.59 Å². The molecule has 1 saturated heterocycles. The van der Waals surface area contributed by atoms with Crippen LogP contribution < -0.4 is 5.32 Å². The summed E-state index contributed by atoms with van der Waals surface area (Å²) in [5.74, 6) is -0.421. The van der Waals surface area contributed by atoms with Gasteiger partial charge in [0.2, 0.25) is 11.8 Å². The Morgan fingerprint density at radius 3 is 2.67 bits per heavy atom. The molecule has 0 bridgehead atoms. The summed E-state index contributed by atoms with van der Waals surface area (Å²) >= 11 is 0. The zero-order valence-electron chi connectivity index (χ0n) is 10.7. The van der Waals surface area contributed by atoms with Crippen molar-refractivity contribution < 1.29 is 19.5 Å². The molecule has 1 fully saturated rings. The Kier molecular flexibility index (Phi) is 5.08. The van der Waals surface area contributed by atoms with Gasteiger partial charge in [-0.05, 0) is 13.3 Å². The number of hydrogen-bond acceptors (Lipinski definition) is 4. The largest absolute Gasteiger partial charge is 0.392 e. The Morgan fingerprint density at radius 2 is 2.17 bits per heavy atom. The lowest BCUT2D eigenvalue weighted by Crippen LogP contribution is -2.34. The van der Waals surface area contributed by atoms with Crippen LogP contribution in [0.5, 0.6) is 0 Å². The third kappa shape index (κ3) is 3.99. The minimum atomic E-state index is -0.579. The minimum Gasteiger partial charge on any atom is -0.392 e. The number of nitrogens with one attached hydrogen (secondary N) is 1. The lowest BCUT2D eigenvalue weighted by molar-refractivity contribution is -0.126. The van der Waals surface area contributed by atoms with Gasteiger partial charge in [-0.1, -0.05) is 0 Å². The monoisotopic (exact) mass is 257 g/mol. The summed E-state index contributed by atoms with van der Waals surface area (Å²) in [4.78, 5) is 36.7. The fraction of sp³-hybridized carbons (Fsp3) is 0.727. The van der Waals surface area contributed by atoms with Crippen molar-refractivity contribution in [3.8, 4) is 0 Å². The average Bonchev–Trinajstić information content (AvgIpc) is 2.53. The van der Waals surface area contributed by atoms with Crippen LogP contribution in [-0.4, -0.2) is 65.5 Å². The summed E-state index contributed by atoms with van der Waals surface area (Å²) in [6.07, 6.45) is 0.0779. The lowest BCUT2D eigenvalue weighted by Gasteiger charge is -2.13. The molecule has 0 saturated carbocycles. The fourth-order valence-corrected chi connectivity index (χ4v) is 1.64. The van der Waals surface area contributed by atoms with E-state index in [0.717, 1.165) is 4.90 Å². The average molecular weight is 257 g/mol. The van der Waals surface area contributed by atoms with Gasteiger partial charge >= 0.3 is 6.03 Å². The van der Waals surface area contributed by atoms with Crippen molar-refractivity contribution in [2.75, 3.05) is 26.7 Å². The first-order chi connectivity index (χ1) is 8.41. The van der Waals surface area contributed by atoms with E-state index in [1.54, 1.807) is 14.0 Å². The highest BCUT2D eigenvalue weighted by Gasteiger charge is 2.32. The van der Waals surface area contributed by atoms with Crippen LogP contribution in [0.4, 0.5) is 4.79 Å². The highest BCUT2D eigenvalue weighted by molar-refractivity contribution is 6.01. The van der Waals surface area contributed by atoms with Gasteiger partial charge in [0.15, 0.2) is 0 Å². The molecule has 0 aromatic carbocycles. The summed E-state index contributed by atoms with van der Waals surface area (Å²) in [5, 5.41) is 11.5. The number of imide groups is 1. The third-order valence-corrected chi connectivity index (χ3v) is 2.61. The summed E-state index contributed by atoms with van der Waals surface area (Å²) in [6.45, 7) is 2.15. The number of likely N-dealkylation sites (N-methyl/N-ethyl adjacent to an activating group) is 1. The van der Waals surface area contributed by atoms with E-state index < -0.39 is 6.10 Å². The predicted molar refractivity (Wildman–Crippen MR) is 63.7 cm³/mol. The van der Waals surface area contributed by atoms with Crippen molar-refractivity contribution >= 4 is 17.8 Å². The standard InChI is InChI=1S/C11H19N3O4/c1-8(15)6-12-9(16)4-3-5-14-10(17)7-13(2)11(14)18/h8,15H,3-7H2,1-2H3,(H,12,16)/t8-/m1/s1. The zero-order chi connectivity index (χ0) is 13.7. The van der Waals surface area contributed by atoms with Crippen molar-refractivity contribution in [1.29, 1.82) is 0 Å². The van der Waals surface area contributed by atoms with E-state index in [2.05, 4.69) is 5.32 Å². The zero-order valence-corrected chi connectivity index (χ0v) is 10.7. The first-order valence-electron chi connectivity index (χ1n) is 5.92. The number of nitrogens with zero attached hydrogens (tertiary/aromatic N) is 2. The Morgan fingerprint density at radius 1 is 1.50 bits per heavy atom. The molecule has 0 spiro atoms. The molecule has 102 valence electrons. The van der Waals surface area contributed by atoms with Crippen molar-refractivity contribution in [1.82, 2.24) is 15.1 Å². The van der Waals surface area contributed by atoms with E-state index >= 15 is 0 Å². The van der Waals surface area contributed by atoms with Crippen LogP contribution in [0, 0.1) is 0 Å². The molecule has 7 nitrogen and oxygen atoms in total. The molecule has 4 amide bonds. The van der Waals surface area contributed by atoms with Gasteiger partial charge in [0, 0.05) is 26.6 Å². The maximum Gasteiger partial charge on any atom is 0.326 e. The highest BCUT2D eigenvalue weighted by atomic mass is 16.3. The Labute approximate surface area is 106 Å². The molecule has 0 aromatic rings. The van der Waals surface area contributed by atoms with Gasteiger partial charge in [0.25, 0.3) is 0 Å². The molecule has 1 aliphatic rings. The number of urea groups is 1. The topological polar surface area (TPSA) is 89.9 Å². The fourth-order valence-electron chi connectivity index (χ4n) is 1.64. The number of carbonyl (C=O) groups excluding carboxylic acids is 3.